The molecule has 1 aliphatic heterocycles. The Bertz CT molecular complexity index is 1080. The SMILES string of the molecule is COc1ccccc1-c1cc(C(=O)N2CCN(C(C)=O)CC2)c2cnn(C)c2n1. The van der Waals surface area contributed by atoms with Crippen LogP contribution in [0.15, 0.2) is 36.5 Å². The Morgan fingerprint density at radius 1 is 1.07 bits per heavy atom. The second-order valence-corrected chi connectivity index (χ2v) is 7.06. The van der Waals surface area contributed by atoms with Gasteiger partial charge in [-0.3, -0.25) is 14.3 Å². The second kappa shape index (κ2) is 7.54. The maximum Gasteiger partial charge on any atom is 0.254 e. The third-order valence-electron chi connectivity index (χ3n) is 5.33. The molecule has 1 aromatic carbocycles. The fraction of sp³-hybridized carbons (Fsp3) is 0.333. The molecule has 0 N–H and O–H groups in total. The van der Waals surface area contributed by atoms with E-state index in [1.807, 2.05) is 30.3 Å². The predicted octanol–water partition coefficient (Wildman–Crippen LogP) is 1.95. The van der Waals surface area contributed by atoms with E-state index in [0.29, 0.717) is 54.2 Å². The van der Waals surface area contributed by atoms with E-state index in [2.05, 4.69) is 5.10 Å². The lowest BCUT2D eigenvalue weighted by Crippen LogP contribution is -2.50. The van der Waals surface area contributed by atoms with Gasteiger partial charge in [-0.1, -0.05) is 12.1 Å². The van der Waals surface area contributed by atoms with Crippen molar-refractivity contribution in [3.05, 3.63) is 42.1 Å². The van der Waals surface area contributed by atoms with Gasteiger partial charge >= 0.3 is 0 Å². The third-order valence-corrected chi connectivity index (χ3v) is 5.33. The zero-order valence-corrected chi connectivity index (χ0v) is 16.8. The number of hydrogen-bond donors (Lipinski definition) is 0. The van der Waals surface area contributed by atoms with Gasteiger partial charge in [-0.15, -0.1) is 0 Å². The molecule has 1 fully saturated rings. The van der Waals surface area contributed by atoms with E-state index >= 15 is 0 Å². The van der Waals surface area contributed by atoms with Gasteiger partial charge in [0.1, 0.15) is 5.75 Å². The molecule has 2 amide bonds. The summed E-state index contributed by atoms with van der Waals surface area (Å²) in [6, 6.07) is 9.40. The number of methoxy groups -OCH3 is 1. The number of pyridine rings is 1. The fourth-order valence-electron chi connectivity index (χ4n) is 3.68. The predicted molar refractivity (Wildman–Crippen MR) is 109 cm³/mol. The zero-order valence-electron chi connectivity index (χ0n) is 16.8. The van der Waals surface area contributed by atoms with Crippen LogP contribution in [0, 0.1) is 0 Å². The average Bonchev–Trinajstić information content (AvgIpc) is 3.13. The number of benzene rings is 1. The topological polar surface area (TPSA) is 80.6 Å². The average molecular weight is 393 g/mol. The summed E-state index contributed by atoms with van der Waals surface area (Å²) in [5.41, 5.74) is 2.66. The van der Waals surface area contributed by atoms with Gasteiger partial charge in [-0.2, -0.15) is 5.10 Å². The van der Waals surface area contributed by atoms with E-state index in [1.54, 1.807) is 41.8 Å². The van der Waals surface area contributed by atoms with Crippen molar-refractivity contribution in [3.8, 4) is 17.0 Å². The Balaban J connectivity index is 1.76. The van der Waals surface area contributed by atoms with Gasteiger partial charge in [0.05, 0.1) is 30.0 Å². The van der Waals surface area contributed by atoms with Crippen molar-refractivity contribution in [1.82, 2.24) is 24.6 Å². The first-order valence-corrected chi connectivity index (χ1v) is 9.50. The maximum atomic E-state index is 13.4. The Hall–Kier alpha value is -3.42. The minimum atomic E-state index is -0.0789. The van der Waals surface area contributed by atoms with Crippen LogP contribution in [0.3, 0.4) is 0 Å². The minimum absolute atomic E-state index is 0.0362. The summed E-state index contributed by atoms with van der Waals surface area (Å²) in [5, 5.41) is 5.01. The van der Waals surface area contributed by atoms with Crippen LogP contribution in [0.4, 0.5) is 0 Å². The second-order valence-electron chi connectivity index (χ2n) is 7.06. The molecule has 3 aromatic rings. The Morgan fingerprint density at radius 2 is 1.76 bits per heavy atom. The Kier molecular flexibility index (Phi) is 4.92. The van der Waals surface area contributed by atoms with E-state index in [1.165, 1.54) is 0 Å². The molecule has 1 saturated heterocycles. The number of aryl methyl sites for hydroxylation is 1. The summed E-state index contributed by atoms with van der Waals surface area (Å²) in [4.78, 5) is 33.2. The summed E-state index contributed by atoms with van der Waals surface area (Å²) >= 11 is 0. The van der Waals surface area contributed by atoms with E-state index < -0.39 is 0 Å². The maximum absolute atomic E-state index is 13.4. The molecule has 0 atom stereocenters. The summed E-state index contributed by atoms with van der Waals surface area (Å²) in [6.07, 6.45) is 1.67. The van der Waals surface area contributed by atoms with E-state index in [0.717, 1.165) is 5.56 Å². The molecule has 4 rings (SSSR count). The third kappa shape index (κ3) is 3.41. The monoisotopic (exact) mass is 393 g/mol. The number of piperazine rings is 1. The summed E-state index contributed by atoms with van der Waals surface area (Å²) < 4.78 is 7.14. The van der Waals surface area contributed by atoms with Crippen LogP contribution in [0.2, 0.25) is 0 Å². The first kappa shape index (κ1) is 18.9. The lowest BCUT2D eigenvalue weighted by atomic mass is 10.0. The van der Waals surface area contributed by atoms with Crippen molar-refractivity contribution in [2.45, 2.75) is 6.92 Å². The van der Waals surface area contributed by atoms with Crippen molar-refractivity contribution in [3.63, 3.8) is 0 Å². The number of carbonyl (C=O) groups is 2. The minimum Gasteiger partial charge on any atom is -0.496 e. The van der Waals surface area contributed by atoms with Crippen molar-refractivity contribution in [2.75, 3.05) is 33.3 Å². The van der Waals surface area contributed by atoms with Crippen LogP contribution in [-0.2, 0) is 11.8 Å². The van der Waals surface area contributed by atoms with Gasteiger partial charge in [-0.05, 0) is 18.2 Å². The summed E-state index contributed by atoms with van der Waals surface area (Å²) in [6.45, 7) is 3.65. The largest absolute Gasteiger partial charge is 0.496 e. The van der Waals surface area contributed by atoms with Crippen molar-refractivity contribution < 1.29 is 14.3 Å². The smallest absolute Gasteiger partial charge is 0.254 e. The van der Waals surface area contributed by atoms with Crippen LogP contribution in [-0.4, -0.2) is 69.7 Å². The highest BCUT2D eigenvalue weighted by Gasteiger charge is 2.26. The van der Waals surface area contributed by atoms with Crippen LogP contribution >= 0.6 is 0 Å². The van der Waals surface area contributed by atoms with E-state index in [9.17, 15) is 9.59 Å². The van der Waals surface area contributed by atoms with Crippen LogP contribution < -0.4 is 4.74 Å². The molecule has 0 aliphatic carbocycles. The number of para-hydroxylation sites is 1. The highest BCUT2D eigenvalue weighted by atomic mass is 16.5. The van der Waals surface area contributed by atoms with Crippen molar-refractivity contribution >= 4 is 22.8 Å². The standard InChI is InChI=1S/C21H23N5O3/c1-14(27)25-8-10-26(11-9-25)21(28)16-12-18(15-6-4-5-7-19(15)29-3)23-20-17(16)13-22-24(20)2/h4-7,12-13H,8-11H2,1-3H3. The number of fused-ring (bicyclic) bond motifs is 1. The lowest BCUT2D eigenvalue weighted by molar-refractivity contribution is -0.130. The molecule has 8 heteroatoms. The van der Waals surface area contributed by atoms with Crippen LogP contribution in [0.1, 0.15) is 17.3 Å². The Labute approximate surface area is 168 Å². The van der Waals surface area contributed by atoms with Gasteiger partial charge < -0.3 is 14.5 Å². The summed E-state index contributed by atoms with van der Waals surface area (Å²) in [5.74, 6) is 0.647. The molecule has 0 bridgehead atoms. The molecule has 8 nitrogen and oxygen atoms in total. The molecule has 0 saturated carbocycles. The molecular formula is C21H23N5O3. The van der Waals surface area contributed by atoms with Gasteiger partial charge in [0.15, 0.2) is 5.65 Å². The normalized spacial score (nSPS) is 14.3. The molecule has 150 valence electrons. The molecule has 3 heterocycles. The van der Waals surface area contributed by atoms with Crippen molar-refractivity contribution in [1.29, 1.82) is 0 Å². The van der Waals surface area contributed by atoms with Crippen LogP contribution in [0.5, 0.6) is 5.75 Å². The highest BCUT2D eigenvalue weighted by Crippen LogP contribution is 2.31. The van der Waals surface area contributed by atoms with Crippen LogP contribution in [0.25, 0.3) is 22.3 Å². The zero-order chi connectivity index (χ0) is 20.5. The van der Waals surface area contributed by atoms with E-state index in [4.69, 9.17) is 9.72 Å². The number of hydrogen-bond acceptors (Lipinski definition) is 5. The molecule has 1 aliphatic rings. The lowest BCUT2D eigenvalue weighted by Gasteiger charge is -2.34. The van der Waals surface area contributed by atoms with Gasteiger partial charge in [-0.25, -0.2) is 4.98 Å². The van der Waals surface area contributed by atoms with Gasteiger partial charge in [0.2, 0.25) is 5.91 Å². The molecule has 0 spiro atoms. The number of carbonyl (C=O) groups excluding carboxylic acids is 2. The first-order chi connectivity index (χ1) is 14.0. The number of amides is 2. The quantitative estimate of drug-likeness (QED) is 0.679. The molecular weight excluding hydrogens is 370 g/mol. The van der Waals surface area contributed by atoms with E-state index in [-0.39, 0.29) is 11.8 Å². The molecule has 0 unspecified atom stereocenters. The number of aromatic nitrogens is 3. The number of ether oxygens (including phenoxy) is 1. The Morgan fingerprint density at radius 3 is 2.45 bits per heavy atom. The molecule has 0 radical (unpaired) electrons. The molecule has 29 heavy (non-hydrogen) atoms. The van der Waals surface area contributed by atoms with Gasteiger partial charge in [0.25, 0.3) is 5.91 Å². The fourth-order valence-corrected chi connectivity index (χ4v) is 3.68. The van der Waals surface area contributed by atoms with Crippen molar-refractivity contribution in [2.24, 2.45) is 7.05 Å². The van der Waals surface area contributed by atoms with Gasteiger partial charge in [0, 0.05) is 45.7 Å². The number of nitrogens with zero attached hydrogens (tertiary/aromatic N) is 5. The first-order valence-electron chi connectivity index (χ1n) is 9.50. The summed E-state index contributed by atoms with van der Waals surface area (Å²) in [7, 11) is 3.42. The molecule has 2 aromatic heterocycles. The number of rotatable bonds is 3. The highest BCUT2D eigenvalue weighted by molar-refractivity contribution is 6.06.